The number of unbranched alkanes of at least 4 members (excludes halogenated alkanes) is 1. The third kappa shape index (κ3) is 4.11. The first-order valence-corrected chi connectivity index (χ1v) is 9.98. The molecule has 0 bridgehead atoms. The van der Waals surface area contributed by atoms with Crippen LogP contribution in [0.25, 0.3) is 0 Å². The predicted octanol–water partition coefficient (Wildman–Crippen LogP) is 4.95. The highest BCUT2D eigenvalue weighted by Gasteiger charge is 2.57. The van der Waals surface area contributed by atoms with Gasteiger partial charge in [0, 0.05) is 18.4 Å². The SMILES string of the molecule is CCCCC1(CCC)O[C@H]2O[C@H](CC)[C@H](OCc3ccccc3F)[C@H]2O1. The molecule has 0 saturated carbocycles. The molecule has 2 aliphatic rings. The Hall–Kier alpha value is -1.01. The first-order chi connectivity index (χ1) is 12.6. The van der Waals surface area contributed by atoms with E-state index in [9.17, 15) is 4.39 Å². The van der Waals surface area contributed by atoms with E-state index in [0.717, 1.165) is 38.5 Å². The van der Waals surface area contributed by atoms with Crippen LogP contribution in [-0.4, -0.2) is 30.4 Å². The zero-order chi connectivity index (χ0) is 18.6. The molecule has 2 saturated heterocycles. The molecule has 3 rings (SSSR count). The Balaban J connectivity index is 1.69. The van der Waals surface area contributed by atoms with Gasteiger partial charge in [-0.2, -0.15) is 0 Å². The highest BCUT2D eigenvalue weighted by molar-refractivity contribution is 5.16. The molecule has 0 radical (unpaired) electrons. The average molecular weight is 366 g/mol. The van der Waals surface area contributed by atoms with E-state index in [1.807, 2.05) is 6.07 Å². The van der Waals surface area contributed by atoms with E-state index in [1.54, 1.807) is 12.1 Å². The van der Waals surface area contributed by atoms with Gasteiger partial charge in [0.05, 0.1) is 12.7 Å². The minimum Gasteiger partial charge on any atom is -0.368 e. The summed E-state index contributed by atoms with van der Waals surface area (Å²) in [5, 5.41) is 0. The number of hydrogen-bond acceptors (Lipinski definition) is 4. The molecule has 1 aromatic carbocycles. The quantitative estimate of drug-likeness (QED) is 0.620. The van der Waals surface area contributed by atoms with Gasteiger partial charge in [0.2, 0.25) is 0 Å². The van der Waals surface area contributed by atoms with Crippen LogP contribution in [0.15, 0.2) is 24.3 Å². The normalized spacial score (nSPS) is 33.5. The van der Waals surface area contributed by atoms with Crippen molar-refractivity contribution in [3.05, 3.63) is 35.6 Å². The van der Waals surface area contributed by atoms with E-state index in [-0.39, 0.29) is 30.7 Å². The van der Waals surface area contributed by atoms with Crippen LogP contribution in [0.3, 0.4) is 0 Å². The van der Waals surface area contributed by atoms with Crippen molar-refractivity contribution in [3.8, 4) is 0 Å². The van der Waals surface area contributed by atoms with Crippen LogP contribution in [0, 0.1) is 5.82 Å². The van der Waals surface area contributed by atoms with Crippen LogP contribution in [0.2, 0.25) is 0 Å². The van der Waals surface area contributed by atoms with Crippen LogP contribution >= 0.6 is 0 Å². The number of halogens is 1. The van der Waals surface area contributed by atoms with E-state index in [1.165, 1.54) is 6.07 Å². The number of ether oxygens (including phenoxy) is 4. The molecule has 0 aliphatic carbocycles. The zero-order valence-corrected chi connectivity index (χ0v) is 16.1. The summed E-state index contributed by atoms with van der Waals surface area (Å²) in [5.41, 5.74) is 0.551. The van der Waals surface area contributed by atoms with E-state index in [4.69, 9.17) is 18.9 Å². The van der Waals surface area contributed by atoms with Crippen LogP contribution in [0.5, 0.6) is 0 Å². The molecule has 1 aromatic rings. The summed E-state index contributed by atoms with van der Waals surface area (Å²) in [5.74, 6) is -0.818. The van der Waals surface area contributed by atoms with Crippen LogP contribution in [-0.2, 0) is 25.6 Å². The first-order valence-electron chi connectivity index (χ1n) is 9.98. The lowest BCUT2D eigenvalue weighted by molar-refractivity contribution is -0.243. The molecule has 146 valence electrons. The second-order valence-corrected chi connectivity index (χ2v) is 7.28. The Labute approximate surface area is 156 Å². The second-order valence-electron chi connectivity index (χ2n) is 7.28. The minimum atomic E-state index is -0.571. The Bertz CT molecular complexity index is 581. The molecule has 2 aliphatic heterocycles. The Kier molecular flexibility index (Phi) is 6.67. The monoisotopic (exact) mass is 366 g/mol. The van der Waals surface area contributed by atoms with Crippen LogP contribution in [0.4, 0.5) is 4.39 Å². The standard InChI is InChI=1S/C21H31FO4/c1-4-7-13-21(12-5-2)25-19-18(17(6-3)24-20(19)26-21)23-14-15-10-8-9-11-16(15)22/h8-11,17-20H,4-7,12-14H2,1-3H3/t17-,18+,19-,20-,21?/m1/s1. The van der Waals surface area contributed by atoms with Gasteiger partial charge >= 0.3 is 0 Å². The molecule has 5 atom stereocenters. The molecule has 0 N–H and O–H groups in total. The van der Waals surface area contributed by atoms with Gasteiger partial charge in [-0.05, 0) is 18.9 Å². The lowest BCUT2D eigenvalue weighted by Gasteiger charge is -2.31. The number of hydrogen-bond donors (Lipinski definition) is 0. The van der Waals surface area contributed by atoms with Crippen molar-refractivity contribution in [1.82, 2.24) is 0 Å². The fraction of sp³-hybridized carbons (Fsp3) is 0.714. The van der Waals surface area contributed by atoms with Crippen molar-refractivity contribution < 1.29 is 23.3 Å². The number of rotatable bonds is 9. The highest BCUT2D eigenvalue weighted by Crippen LogP contribution is 2.44. The fourth-order valence-corrected chi connectivity index (χ4v) is 3.92. The molecule has 2 fully saturated rings. The minimum absolute atomic E-state index is 0.0948. The first kappa shape index (κ1) is 19.7. The molecule has 2 heterocycles. The van der Waals surface area contributed by atoms with Crippen molar-refractivity contribution in [3.63, 3.8) is 0 Å². The largest absolute Gasteiger partial charge is 0.368 e. The lowest BCUT2D eigenvalue weighted by Crippen LogP contribution is -2.38. The van der Waals surface area contributed by atoms with Gasteiger partial charge in [0.15, 0.2) is 12.1 Å². The van der Waals surface area contributed by atoms with Gasteiger partial charge in [-0.15, -0.1) is 0 Å². The topological polar surface area (TPSA) is 36.9 Å². The molecule has 5 heteroatoms. The molecule has 0 amide bonds. The lowest BCUT2D eigenvalue weighted by atomic mass is 10.0. The van der Waals surface area contributed by atoms with Gasteiger partial charge in [0.25, 0.3) is 0 Å². The summed E-state index contributed by atoms with van der Waals surface area (Å²) < 4.78 is 38.7. The maximum atomic E-state index is 13.9. The van der Waals surface area contributed by atoms with Crippen molar-refractivity contribution in [2.45, 2.75) is 96.3 Å². The summed E-state index contributed by atoms with van der Waals surface area (Å²) in [6.07, 6.45) is 4.66. The molecular weight excluding hydrogens is 335 g/mol. The summed E-state index contributed by atoms with van der Waals surface area (Å²) in [6.45, 7) is 6.57. The molecule has 0 aromatic heterocycles. The van der Waals surface area contributed by atoms with Crippen molar-refractivity contribution >= 4 is 0 Å². The Morgan fingerprint density at radius 2 is 1.88 bits per heavy atom. The van der Waals surface area contributed by atoms with E-state index < -0.39 is 12.1 Å². The smallest absolute Gasteiger partial charge is 0.190 e. The van der Waals surface area contributed by atoms with E-state index in [2.05, 4.69) is 20.8 Å². The molecule has 26 heavy (non-hydrogen) atoms. The Morgan fingerprint density at radius 3 is 2.58 bits per heavy atom. The third-order valence-corrected chi connectivity index (χ3v) is 5.28. The molecular formula is C21H31FO4. The van der Waals surface area contributed by atoms with Gasteiger partial charge in [-0.25, -0.2) is 4.39 Å². The second kappa shape index (κ2) is 8.79. The van der Waals surface area contributed by atoms with Crippen LogP contribution < -0.4 is 0 Å². The number of benzene rings is 1. The van der Waals surface area contributed by atoms with Crippen LogP contribution in [0.1, 0.15) is 64.9 Å². The van der Waals surface area contributed by atoms with Gasteiger partial charge in [0.1, 0.15) is 18.0 Å². The van der Waals surface area contributed by atoms with E-state index >= 15 is 0 Å². The van der Waals surface area contributed by atoms with Gasteiger partial charge in [-0.1, -0.05) is 51.8 Å². The molecule has 4 nitrogen and oxygen atoms in total. The fourth-order valence-electron chi connectivity index (χ4n) is 3.92. The molecule has 0 spiro atoms. The van der Waals surface area contributed by atoms with Crippen molar-refractivity contribution in [2.75, 3.05) is 0 Å². The summed E-state index contributed by atoms with van der Waals surface area (Å²) >= 11 is 0. The Morgan fingerprint density at radius 1 is 1.08 bits per heavy atom. The third-order valence-electron chi connectivity index (χ3n) is 5.28. The van der Waals surface area contributed by atoms with Crippen molar-refractivity contribution in [1.29, 1.82) is 0 Å². The summed E-state index contributed by atoms with van der Waals surface area (Å²) in [4.78, 5) is 0. The van der Waals surface area contributed by atoms with Crippen molar-refractivity contribution in [2.24, 2.45) is 0 Å². The predicted molar refractivity (Wildman–Crippen MR) is 97.1 cm³/mol. The summed E-state index contributed by atoms with van der Waals surface area (Å²) in [7, 11) is 0. The maximum Gasteiger partial charge on any atom is 0.190 e. The maximum absolute atomic E-state index is 13.9. The zero-order valence-electron chi connectivity index (χ0n) is 16.1. The highest BCUT2D eigenvalue weighted by atomic mass is 19.1. The average Bonchev–Trinajstić information content (AvgIpc) is 3.14. The van der Waals surface area contributed by atoms with E-state index in [0.29, 0.717) is 5.56 Å². The summed E-state index contributed by atoms with van der Waals surface area (Å²) in [6, 6.07) is 6.71. The van der Waals surface area contributed by atoms with Gasteiger partial charge < -0.3 is 18.9 Å². The number of fused-ring (bicyclic) bond motifs is 1. The molecule has 1 unspecified atom stereocenters. The van der Waals surface area contributed by atoms with Gasteiger partial charge in [-0.3, -0.25) is 0 Å².